The summed E-state index contributed by atoms with van der Waals surface area (Å²) < 4.78 is 27.4. The molecule has 1 atom stereocenters. The van der Waals surface area contributed by atoms with Gasteiger partial charge in [-0.1, -0.05) is 105 Å². The number of unbranched alkanes of at least 4 members (excludes halogenated alkanes) is 1. The van der Waals surface area contributed by atoms with E-state index < -0.39 is 28.5 Å². The molecule has 0 radical (unpaired) electrons. The zero-order valence-electron chi connectivity index (χ0n) is 24.5. The number of sulfonamides is 1. The average molecular weight is 633 g/mol. The zero-order valence-corrected chi connectivity index (χ0v) is 26.8. The molecule has 7 nitrogen and oxygen atoms in total. The quantitative estimate of drug-likeness (QED) is 0.207. The van der Waals surface area contributed by atoms with Crippen LogP contribution in [0.3, 0.4) is 0 Å². The van der Waals surface area contributed by atoms with Gasteiger partial charge in [0.1, 0.15) is 12.6 Å². The van der Waals surface area contributed by atoms with Crippen molar-refractivity contribution < 1.29 is 18.0 Å². The number of hydrogen-bond donors (Lipinski definition) is 1. The van der Waals surface area contributed by atoms with E-state index in [0.717, 1.165) is 34.5 Å². The SMILES string of the molecule is CCCCNC(=O)C(Cc1ccccc1)N(Cc1ccc(Cl)c(Cl)c1)C(=O)CN(c1ccccc1C(C)C)S(C)(=O)=O. The highest BCUT2D eigenvalue weighted by molar-refractivity contribution is 7.92. The van der Waals surface area contributed by atoms with Gasteiger partial charge in [-0.2, -0.15) is 0 Å². The molecule has 2 amide bonds. The second-order valence-electron chi connectivity index (χ2n) is 10.6. The van der Waals surface area contributed by atoms with Gasteiger partial charge >= 0.3 is 0 Å². The van der Waals surface area contributed by atoms with Gasteiger partial charge in [0.2, 0.25) is 21.8 Å². The molecule has 42 heavy (non-hydrogen) atoms. The molecular weight excluding hydrogens is 593 g/mol. The van der Waals surface area contributed by atoms with Gasteiger partial charge in [0.05, 0.1) is 22.0 Å². The van der Waals surface area contributed by atoms with Crippen LogP contribution >= 0.6 is 23.2 Å². The van der Waals surface area contributed by atoms with Crippen molar-refractivity contribution >= 4 is 50.7 Å². The van der Waals surface area contributed by atoms with Crippen molar-refractivity contribution in [3.8, 4) is 0 Å². The minimum absolute atomic E-state index is 0.0167. The van der Waals surface area contributed by atoms with Crippen LogP contribution in [0.1, 0.15) is 56.2 Å². The Labute approximate surface area is 259 Å². The van der Waals surface area contributed by atoms with Gasteiger partial charge in [-0.15, -0.1) is 0 Å². The summed E-state index contributed by atoms with van der Waals surface area (Å²) in [6.45, 7) is 5.98. The molecule has 226 valence electrons. The molecule has 0 aliphatic carbocycles. The van der Waals surface area contributed by atoms with E-state index in [4.69, 9.17) is 23.2 Å². The predicted molar refractivity (Wildman–Crippen MR) is 172 cm³/mol. The Bertz CT molecular complexity index is 1470. The molecular formula is C32H39Cl2N3O4S. The highest BCUT2D eigenvalue weighted by atomic mass is 35.5. The molecule has 0 heterocycles. The third-order valence-corrected chi connectivity index (χ3v) is 8.81. The second kappa shape index (κ2) is 15.4. The average Bonchev–Trinajstić information content (AvgIpc) is 2.95. The first-order chi connectivity index (χ1) is 19.9. The molecule has 3 rings (SSSR count). The lowest BCUT2D eigenvalue weighted by Gasteiger charge is -2.34. The summed E-state index contributed by atoms with van der Waals surface area (Å²) >= 11 is 12.5. The Morgan fingerprint density at radius 1 is 0.905 bits per heavy atom. The Balaban J connectivity index is 2.09. The van der Waals surface area contributed by atoms with Gasteiger partial charge in [-0.25, -0.2) is 8.42 Å². The van der Waals surface area contributed by atoms with Crippen molar-refractivity contribution in [3.05, 3.63) is 99.5 Å². The van der Waals surface area contributed by atoms with Gasteiger partial charge in [0.25, 0.3) is 0 Å². The van der Waals surface area contributed by atoms with Gasteiger partial charge in [-0.05, 0) is 47.2 Å². The molecule has 0 bridgehead atoms. The minimum Gasteiger partial charge on any atom is -0.354 e. The summed E-state index contributed by atoms with van der Waals surface area (Å²) in [5.41, 5.74) is 2.76. The Hall–Kier alpha value is -3.07. The van der Waals surface area contributed by atoms with E-state index in [1.807, 2.05) is 63.2 Å². The molecule has 3 aromatic carbocycles. The molecule has 0 saturated heterocycles. The number of amides is 2. The number of halogens is 2. The third-order valence-electron chi connectivity index (χ3n) is 6.94. The van der Waals surface area contributed by atoms with E-state index in [1.54, 1.807) is 30.3 Å². The van der Waals surface area contributed by atoms with Crippen LogP contribution in [-0.4, -0.2) is 50.5 Å². The van der Waals surface area contributed by atoms with Crippen LogP contribution in [0, 0.1) is 0 Å². The highest BCUT2D eigenvalue weighted by Gasteiger charge is 2.33. The normalized spacial score (nSPS) is 12.2. The maximum Gasteiger partial charge on any atom is 0.244 e. The van der Waals surface area contributed by atoms with Crippen LogP contribution < -0.4 is 9.62 Å². The monoisotopic (exact) mass is 631 g/mol. The van der Waals surface area contributed by atoms with Gasteiger partial charge in [-0.3, -0.25) is 13.9 Å². The summed E-state index contributed by atoms with van der Waals surface area (Å²) in [6.07, 6.45) is 3.01. The standard InChI is InChI=1S/C32H39Cl2N3O4S/c1-5-6-18-35-32(39)30(20-24-12-8-7-9-13-24)36(21-25-16-17-27(33)28(34)19-25)31(38)22-37(42(4,40)41)29-15-11-10-14-26(29)23(2)3/h7-17,19,23,30H,5-6,18,20-22H2,1-4H3,(H,35,39). The van der Waals surface area contributed by atoms with Crippen LogP contribution in [0.4, 0.5) is 5.69 Å². The van der Waals surface area contributed by atoms with Crippen molar-refractivity contribution in [1.29, 1.82) is 0 Å². The fourth-order valence-corrected chi connectivity index (χ4v) is 5.88. The molecule has 10 heteroatoms. The molecule has 1 N–H and O–H groups in total. The number of hydrogen-bond acceptors (Lipinski definition) is 4. The summed E-state index contributed by atoms with van der Waals surface area (Å²) in [6, 6.07) is 20.7. The Kier molecular flexibility index (Phi) is 12.3. The largest absolute Gasteiger partial charge is 0.354 e. The lowest BCUT2D eigenvalue weighted by Crippen LogP contribution is -2.53. The molecule has 1 unspecified atom stereocenters. The van der Waals surface area contributed by atoms with Gasteiger partial charge < -0.3 is 10.2 Å². The zero-order chi connectivity index (χ0) is 30.9. The molecule has 0 saturated carbocycles. The number of carbonyl (C=O) groups excluding carboxylic acids is 2. The van der Waals surface area contributed by atoms with Crippen LogP contribution in [0.15, 0.2) is 72.8 Å². The van der Waals surface area contributed by atoms with E-state index >= 15 is 0 Å². The number of benzene rings is 3. The van der Waals surface area contributed by atoms with E-state index in [2.05, 4.69) is 5.32 Å². The number of nitrogens with zero attached hydrogens (tertiary/aromatic N) is 2. The fraction of sp³-hybridized carbons (Fsp3) is 0.375. The van der Waals surface area contributed by atoms with E-state index in [9.17, 15) is 18.0 Å². The molecule has 0 aliphatic heterocycles. The summed E-state index contributed by atoms with van der Waals surface area (Å²) in [7, 11) is -3.86. The van der Waals surface area contributed by atoms with Crippen LogP contribution in [0.2, 0.25) is 10.0 Å². The minimum atomic E-state index is -3.86. The predicted octanol–water partition coefficient (Wildman–Crippen LogP) is 6.44. The van der Waals surface area contributed by atoms with Crippen LogP contribution in [-0.2, 0) is 32.6 Å². The smallest absolute Gasteiger partial charge is 0.244 e. The number of anilines is 1. The van der Waals surface area contributed by atoms with E-state index in [-0.39, 0.29) is 24.8 Å². The van der Waals surface area contributed by atoms with Gasteiger partial charge in [0, 0.05) is 19.5 Å². The number of rotatable bonds is 14. The Morgan fingerprint density at radius 3 is 2.19 bits per heavy atom. The van der Waals surface area contributed by atoms with Crippen LogP contribution in [0.5, 0.6) is 0 Å². The Morgan fingerprint density at radius 2 is 1.57 bits per heavy atom. The maximum atomic E-state index is 14.3. The molecule has 0 aromatic heterocycles. The number of nitrogens with one attached hydrogen (secondary N) is 1. The van der Waals surface area contributed by atoms with Crippen molar-refractivity contribution in [2.75, 3.05) is 23.7 Å². The number of carbonyl (C=O) groups is 2. The lowest BCUT2D eigenvalue weighted by atomic mass is 10.0. The molecule has 0 fully saturated rings. The van der Waals surface area contributed by atoms with Crippen LogP contribution in [0.25, 0.3) is 0 Å². The van der Waals surface area contributed by atoms with Crippen molar-refractivity contribution in [3.63, 3.8) is 0 Å². The summed E-state index contributed by atoms with van der Waals surface area (Å²) in [4.78, 5) is 29.4. The van der Waals surface area contributed by atoms with Crippen molar-refractivity contribution in [2.45, 2.75) is 58.5 Å². The maximum absolute atomic E-state index is 14.3. The van der Waals surface area contributed by atoms with E-state index in [0.29, 0.717) is 27.8 Å². The molecule has 3 aromatic rings. The first-order valence-corrected chi connectivity index (χ1v) is 16.6. The highest BCUT2D eigenvalue weighted by Crippen LogP contribution is 2.30. The second-order valence-corrected chi connectivity index (χ2v) is 13.3. The summed E-state index contributed by atoms with van der Waals surface area (Å²) in [5.74, 6) is -0.811. The fourth-order valence-electron chi connectivity index (χ4n) is 4.69. The molecule has 0 spiro atoms. The van der Waals surface area contributed by atoms with Crippen molar-refractivity contribution in [1.82, 2.24) is 10.2 Å². The van der Waals surface area contributed by atoms with Gasteiger partial charge in [0.15, 0.2) is 0 Å². The first-order valence-electron chi connectivity index (χ1n) is 14.0. The van der Waals surface area contributed by atoms with Crippen molar-refractivity contribution in [2.24, 2.45) is 0 Å². The molecule has 0 aliphatic rings. The first kappa shape index (κ1) is 33.4. The topological polar surface area (TPSA) is 86.8 Å². The lowest BCUT2D eigenvalue weighted by molar-refractivity contribution is -0.140. The van der Waals surface area contributed by atoms with E-state index in [1.165, 1.54) is 4.90 Å². The number of para-hydroxylation sites is 1. The third kappa shape index (κ3) is 9.21. The summed E-state index contributed by atoms with van der Waals surface area (Å²) in [5, 5.41) is 3.66.